The van der Waals surface area contributed by atoms with Gasteiger partial charge in [0, 0.05) is 11.4 Å². The van der Waals surface area contributed by atoms with E-state index in [1.54, 1.807) is 24.3 Å². The lowest BCUT2D eigenvalue weighted by molar-refractivity contribution is -0.114. The van der Waals surface area contributed by atoms with Crippen LogP contribution in [-0.4, -0.2) is 24.5 Å². The molecule has 0 aliphatic heterocycles. The van der Waals surface area contributed by atoms with E-state index < -0.39 is 10.0 Å². The highest BCUT2D eigenvalue weighted by atomic mass is 79.9. The Hall–Kier alpha value is -1.52. The number of hydrogen-bond donors (Lipinski definition) is 2. The molecule has 0 atom stereocenters. The van der Waals surface area contributed by atoms with Crippen molar-refractivity contribution in [1.82, 2.24) is 10.2 Å². The number of carbonyl (C=O) groups is 1. The first-order valence-electron chi connectivity index (χ1n) is 5.27. The van der Waals surface area contributed by atoms with E-state index in [-0.39, 0.29) is 15.4 Å². The van der Waals surface area contributed by atoms with Gasteiger partial charge >= 0.3 is 0 Å². The lowest BCUT2D eigenvalue weighted by atomic mass is 10.3. The fraction of sp³-hybridized carbons (Fsp3) is 0.100. The van der Waals surface area contributed by atoms with Crippen molar-refractivity contribution in [3.63, 3.8) is 0 Å². The standard InChI is InChI=1S/C10H9BrN4O3S2/c1-6(16)12-9-13-14-10(19-9)20(17,18)15-8-5-3-2-4-7(8)11/h2-5,15H,1H3,(H,12,13,16). The number of amides is 1. The summed E-state index contributed by atoms with van der Waals surface area (Å²) in [5.74, 6) is -0.344. The third kappa shape index (κ3) is 3.52. The Labute approximate surface area is 127 Å². The molecule has 0 radical (unpaired) electrons. The summed E-state index contributed by atoms with van der Waals surface area (Å²) >= 11 is 4.02. The number of carbonyl (C=O) groups excluding carboxylic acids is 1. The van der Waals surface area contributed by atoms with Gasteiger partial charge in [0.15, 0.2) is 0 Å². The average Bonchev–Trinajstić information content (AvgIpc) is 2.80. The maximum absolute atomic E-state index is 12.1. The number of nitrogens with zero attached hydrogens (tertiary/aromatic N) is 2. The first-order valence-corrected chi connectivity index (χ1v) is 8.36. The van der Waals surface area contributed by atoms with E-state index in [0.29, 0.717) is 10.2 Å². The number of rotatable bonds is 4. The van der Waals surface area contributed by atoms with Gasteiger partial charge in [0.05, 0.1) is 5.69 Å². The quantitative estimate of drug-likeness (QED) is 0.795. The van der Waals surface area contributed by atoms with Crippen LogP contribution in [0.15, 0.2) is 33.1 Å². The minimum absolute atomic E-state index is 0.130. The Morgan fingerprint density at radius 1 is 1.30 bits per heavy atom. The Bertz CT molecular complexity index is 744. The molecule has 1 aromatic heterocycles. The minimum atomic E-state index is -3.84. The second-order valence-electron chi connectivity index (χ2n) is 3.64. The van der Waals surface area contributed by atoms with Crippen molar-refractivity contribution in [2.75, 3.05) is 10.0 Å². The van der Waals surface area contributed by atoms with Gasteiger partial charge in [-0.1, -0.05) is 23.5 Å². The van der Waals surface area contributed by atoms with Crippen LogP contribution >= 0.6 is 27.3 Å². The van der Waals surface area contributed by atoms with Crippen LogP contribution < -0.4 is 10.0 Å². The molecule has 1 amide bonds. The SMILES string of the molecule is CC(=O)Nc1nnc(S(=O)(=O)Nc2ccccc2Br)s1. The van der Waals surface area contributed by atoms with Gasteiger partial charge in [-0.15, -0.1) is 10.2 Å². The molecule has 1 aromatic carbocycles. The third-order valence-electron chi connectivity index (χ3n) is 2.04. The Morgan fingerprint density at radius 2 is 2.00 bits per heavy atom. The van der Waals surface area contributed by atoms with E-state index >= 15 is 0 Å². The first-order chi connectivity index (χ1) is 9.38. The van der Waals surface area contributed by atoms with Crippen LogP contribution in [-0.2, 0) is 14.8 Å². The number of sulfonamides is 1. The molecular weight excluding hydrogens is 368 g/mol. The maximum atomic E-state index is 12.1. The molecule has 0 spiro atoms. The lowest BCUT2D eigenvalue weighted by Gasteiger charge is -2.06. The van der Waals surface area contributed by atoms with Crippen LogP contribution in [0.4, 0.5) is 10.8 Å². The molecule has 0 unspecified atom stereocenters. The van der Waals surface area contributed by atoms with Gasteiger partial charge in [0.2, 0.25) is 11.0 Å². The zero-order valence-corrected chi connectivity index (χ0v) is 13.3. The van der Waals surface area contributed by atoms with Gasteiger partial charge < -0.3 is 5.32 Å². The Morgan fingerprint density at radius 3 is 2.65 bits per heavy atom. The molecule has 106 valence electrons. The zero-order valence-electron chi connectivity index (χ0n) is 10.1. The number of aromatic nitrogens is 2. The van der Waals surface area contributed by atoms with E-state index in [1.165, 1.54) is 6.92 Å². The largest absolute Gasteiger partial charge is 0.301 e. The van der Waals surface area contributed by atoms with E-state index in [1.807, 2.05) is 0 Å². The van der Waals surface area contributed by atoms with Crippen molar-refractivity contribution in [3.05, 3.63) is 28.7 Å². The fourth-order valence-electron chi connectivity index (χ4n) is 1.25. The summed E-state index contributed by atoms with van der Waals surface area (Å²) in [5, 5.41) is 9.65. The van der Waals surface area contributed by atoms with Crippen molar-refractivity contribution in [2.24, 2.45) is 0 Å². The third-order valence-corrected chi connectivity index (χ3v) is 5.30. The monoisotopic (exact) mass is 376 g/mol. The second-order valence-corrected chi connectivity index (χ2v) is 7.33. The molecule has 2 aromatic rings. The van der Waals surface area contributed by atoms with E-state index in [0.717, 1.165) is 11.3 Å². The van der Waals surface area contributed by atoms with Crippen molar-refractivity contribution in [2.45, 2.75) is 11.3 Å². The number of nitrogens with one attached hydrogen (secondary N) is 2. The number of benzene rings is 1. The smallest absolute Gasteiger partial charge is 0.291 e. The average molecular weight is 377 g/mol. The van der Waals surface area contributed by atoms with Crippen molar-refractivity contribution < 1.29 is 13.2 Å². The summed E-state index contributed by atoms with van der Waals surface area (Å²) < 4.78 is 27.0. The predicted octanol–water partition coefficient (Wildman–Crippen LogP) is 2.06. The number of para-hydroxylation sites is 1. The van der Waals surface area contributed by atoms with Crippen molar-refractivity contribution in [3.8, 4) is 0 Å². The van der Waals surface area contributed by atoms with Crippen molar-refractivity contribution in [1.29, 1.82) is 0 Å². The molecular formula is C10H9BrN4O3S2. The Kier molecular flexibility index (Phi) is 4.35. The molecule has 0 bridgehead atoms. The van der Waals surface area contributed by atoms with Crippen LogP contribution in [0.1, 0.15) is 6.92 Å². The summed E-state index contributed by atoms with van der Waals surface area (Å²) in [7, 11) is -3.84. The first kappa shape index (κ1) is 14.9. The number of hydrogen-bond acceptors (Lipinski definition) is 6. The van der Waals surface area contributed by atoms with Crippen molar-refractivity contribution >= 4 is 54.0 Å². The van der Waals surface area contributed by atoms with Gasteiger partial charge in [-0.25, -0.2) is 0 Å². The van der Waals surface area contributed by atoms with Gasteiger partial charge in [-0.2, -0.15) is 8.42 Å². The van der Waals surface area contributed by atoms with E-state index in [2.05, 4.69) is 36.2 Å². The molecule has 0 saturated heterocycles. The van der Waals surface area contributed by atoms with Crippen LogP contribution in [0, 0.1) is 0 Å². The zero-order chi connectivity index (χ0) is 14.8. The number of anilines is 2. The highest BCUT2D eigenvalue weighted by molar-refractivity contribution is 9.10. The molecule has 0 fully saturated rings. The summed E-state index contributed by atoms with van der Waals surface area (Å²) in [6.45, 7) is 1.30. The molecule has 2 rings (SSSR count). The van der Waals surface area contributed by atoms with Gasteiger partial charge in [-0.3, -0.25) is 9.52 Å². The minimum Gasteiger partial charge on any atom is -0.301 e. The molecule has 10 heteroatoms. The summed E-state index contributed by atoms with van der Waals surface area (Å²) in [6, 6.07) is 6.78. The molecule has 2 N–H and O–H groups in total. The molecule has 0 saturated carbocycles. The summed E-state index contributed by atoms with van der Waals surface area (Å²) in [4.78, 5) is 10.9. The molecule has 1 heterocycles. The topological polar surface area (TPSA) is 101 Å². The van der Waals surface area contributed by atoms with Crippen LogP contribution in [0.5, 0.6) is 0 Å². The van der Waals surface area contributed by atoms with Crippen LogP contribution in [0.2, 0.25) is 0 Å². The predicted molar refractivity (Wildman–Crippen MR) is 79.2 cm³/mol. The normalized spacial score (nSPS) is 11.1. The summed E-state index contributed by atoms with van der Waals surface area (Å²) in [6.07, 6.45) is 0. The van der Waals surface area contributed by atoms with Crippen LogP contribution in [0.25, 0.3) is 0 Å². The van der Waals surface area contributed by atoms with E-state index in [4.69, 9.17) is 0 Å². The van der Waals surface area contributed by atoms with E-state index in [9.17, 15) is 13.2 Å². The lowest BCUT2D eigenvalue weighted by Crippen LogP contribution is -2.13. The Balaban J connectivity index is 2.25. The van der Waals surface area contributed by atoms with Gasteiger partial charge in [0.25, 0.3) is 14.4 Å². The molecule has 7 nitrogen and oxygen atoms in total. The highest BCUT2D eigenvalue weighted by Crippen LogP contribution is 2.26. The highest BCUT2D eigenvalue weighted by Gasteiger charge is 2.21. The summed E-state index contributed by atoms with van der Waals surface area (Å²) in [5.41, 5.74) is 0.392. The molecule has 0 aliphatic rings. The molecule has 0 aliphatic carbocycles. The maximum Gasteiger partial charge on any atom is 0.291 e. The fourth-order valence-corrected chi connectivity index (χ4v) is 3.79. The number of halogens is 1. The second kappa shape index (κ2) is 5.85. The molecule has 20 heavy (non-hydrogen) atoms. The van der Waals surface area contributed by atoms with Gasteiger partial charge in [-0.05, 0) is 28.1 Å². The van der Waals surface area contributed by atoms with Crippen LogP contribution in [0.3, 0.4) is 0 Å². The van der Waals surface area contributed by atoms with Gasteiger partial charge in [0.1, 0.15) is 0 Å².